The van der Waals surface area contributed by atoms with Gasteiger partial charge in [0, 0.05) is 17.4 Å². The Hall–Kier alpha value is -2.03. The van der Waals surface area contributed by atoms with Crippen LogP contribution in [0, 0.1) is 0 Å². The smallest absolute Gasteiger partial charge is 0.128 e. The molecule has 0 aliphatic heterocycles. The number of nitrogen functional groups attached to an aromatic ring is 1. The van der Waals surface area contributed by atoms with E-state index in [0.717, 1.165) is 17.0 Å². The molecule has 0 aliphatic carbocycles. The van der Waals surface area contributed by atoms with Gasteiger partial charge in [0.15, 0.2) is 0 Å². The minimum absolute atomic E-state index is 0.705. The van der Waals surface area contributed by atoms with E-state index < -0.39 is 0 Å². The van der Waals surface area contributed by atoms with Crippen molar-refractivity contribution in [1.82, 2.24) is 4.98 Å². The zero-order valence-electron chi connectivity index (χ0n) is 8.47. The maximum atomic E-state index is 5.74. The van der Waals surface area contributed by atoms with E-state index in [9.17, 15) is 0 Å². The van der Waals surface area contributed by atoms with Crippen molar-refractivity contribution in [3.8, 4) is 17.0 Å². The number of rotatable bonds is 2. The second-order valence-corrected chi connectivity index (χ2v) is 3.17. The lowest BCUT2D eigenvalue weighted by Gasteiger charge is -2.08. The van der Waals surface area contributed by atoms with E-state index in [1.165, 1.54) is 0 Å². The Morgan fingerprint density at radius 3 is 2.73 bits per heavy atom. The molecule has 76 valence electrons. The van der Waals surface area contributed by atoms with Crippen molar-refractivity contribution in [3.05, 3.63) is 42.6 Å². The third kappa shape index (κ3) is 1.91. The molecule has 0 fully saturated rings. The highest BCUT2D eigenvalue weighted by Crippen LogP contribution is 2.29. The molecule has 3 nitrogen and oxygen atoms in total. The topological polar surface area (TPSA) is 48.1 Å². The number of hydrogen-bond donors (Lipinski definition) is 1. The van der Waals surface area contributed by atoms with Gasteiger partial charge in [-0.05, 0) is 30.3 Å². The third-order valence-electron chi connectivity index (χ3n) is 2.16. The summed E-state index contributed by atoms with van der Waals surface area (Å²) in [5.41, 5.74) is 8.22. The third-order valence-corrected chi connectivity index (χ3v) is 2.16. The van der Waals surface area contributed by atoms with Crippen molar-refractivity contribution in [1.29, 1.82) is 0 Å². The molecule has 0 atom stereocenters. The number of methoxy groups -OCH3 is 1. The van der Waals surface area contributed by atoms with Crippen molar-refractivity contribution in [3.63, 3.8) is 0 Å². The van der Waals surface area contributed by atoms with Gasteiger partial charge >= 0.3 is 0 Å². The Balaban J connectivity index is 2.56. The first kappa shape index (κ1) is 9.52. The summed E-state index contributed by atoms with van der Waals surface area (Å²) < 4.78 is 5.26. The first-order chi connectivity index (χ1) is 7.31. The summed E-state index contributed by atoms with van der Waals surface area (Å²) in [7, 11) is 1.64. The lowest BCUT2D eigenvalue weighted by molar-refractivity contribution is 0.416. The Morgan fingerprint density at radius 2 is 2.07 bits per heavy atom. The number of aromatic nitrogens is 1. The van der Waals surface area contributed by atoms with Gasteiger partial charge in [0.05, 0.1) is 12.8 Å². The Kier molecular flexibility index (Phi) is 2.54. The molecule has 0 saturated heterocycles. The van der Waals surface area contributed by atoms with Crippen LogP contribution in [-0.4, -0.2) is 12.1 Å². The molecule has 2 rings (SSSR count). The van der Waals surface area contributed by atoms with Crippen molar-refractivity contribution < 1.29 is 4.74 Å². The van der Waals surface area contributed by atoms with Gasteiger partial charge in [-0.25, -0.2) is 0 Å². The predicted octanol–water partition coefficient (Wildman–Crippen LogP) is 2.34. The Morgan fingerprint density at radius 1 is 1.20 bits per heavy atom. The van der Waals surface area contributed by atoms with Crippen LogP contribution in [0.4, 0.5) is 5.69 Å². The van der Waals surface area contributed by atoms with Crippen molar-refractivity contribution in [2.24, 2.45) is 0 Å². The molecule has 2 aromatic rings. The summed E-state index contributed by atoms with van der Waals surface area (Å²) >= 11 is 0. The summed E-state index contributed by atoms with van der Waals surface area (Å²) in [5.74, 6) is 0.780. The molecule has 3 heteroatoms. The molecule has 1 aromatic heterocycles. The number of hydrogen-bond acceptors (Lipinski definition) is 3. The van der Waals surface area contributed by atoms with Crippen molar-refractivity contribution in [2.45, 2.75) is 0 Å². The molecular weight excluding hydrogens is 188 g/mol. The first-order valence-electron chi connectivity index (χ1n) is 4.66. The van der Waals surface area contributed by atoms with Crippen molar-refractivity contribution >= 4 is 5.69 Å². The molecule has 0 unspecified atom stereocenters. The maximum Gasteiger partial charge on any atom is 0.128 e. The minimum Gasteiger partial charge on any atom is -0.496 e. The fraction of sp³-hybridized carbons (Fsp3) is 0.0833. The molecule has 0 aliphatic rings. The molecule has 0 amide bonds. The number of nitrogens with zero attached hydrogens (tertiary/aromatic N) is 1. The average molecular weight is 200 g/mol. The van der Waals surface area contributed by atoms with Crippen LogP contribution in [-0.2, 0) is 0 Å². The Bertz CT molecular complexity index is 454. The molecule has 15 heavy (non-hydrogen) atoms. The minimum atomic E-state index is 0.705. The number of benzene rings is 1. The zero-order chi connectivity index (χ0) is 10.7. The van der Waals surface area contributed by atoms with Crippen LogP contribution in [0.5, 0.6) is 5.75 Å². The fourth-order valence-electron chi connectivity index (χ4n) is 1.45. The molecule has 2 N–H and O–H groups in total. The molecule has 1 heterocycles. The van der Waals surface area contributed by atoms with Crippen LogP contribution >= 0.6 is 0 Å². The molecule has 0 radical (unpaired) electrons. The SMILES string of the molecule is COc1ccc(N)cc1-c1ccccn1. The lowest BCUT2D eigenvalue weighted by atomic mass is 10.1. The largest absolute Gasteiger partial charge is 0.496 e. The van der Waals surface area contributed by atoms with Crippen LogP contribution in [0.2, 0.25) is 0 Å². The normalized spacial score (nSPS) is 9.93. The van der Waals surface area contributed by atoms with E-state index in [2.05, 4.69) is 4.98 Å². The molecule has 1 aromatic carbocycles. The second-order valence-electron chi connectivity index (χ2n) is 3.17. The van der Waals surface area contributed by atoms with Crippen LogP contribution in [0.25, 0.3) is 11.3 Å². The number of pyridine rings is 1. The average Bonchev–Trinajstić information content (AvgIpc) is 2.30. The van der Waals surface area contributed by atoms with E-state index in [0.29, 0.717) is 5.69 Å². The highest BCUT2D eigenvalue weighted by atomic mass is 16.5. The summed E-state index contributed by atoms with van der Waals surface area (Å²) in [4.78, 5) is 4.26. The van der Waals surface area contributed by atoms with Crippen LogP contribution in [0.3, 0.4) is 0 Å². The lowest BCUT2D eigenvalue weighted by Crippen LogP contribution is -1.92. The van der Waals surface area contributed by atoms with Gasteiger partial charge in [0.1, 0.15) is 5.75 Å². The van der Waals surface area contributed by atoms with Gasteiger partial charge in [0.25, 0.3) is 0 Å². The quantitative estimate of drug-likeness (QED) is 0.757. The molecule has 0 bridgehead atoms. The van der Waals surface area contributed by atoms with E-state index in [-0.39, 0.29) is 0 Å². The highest BCUT2D eigenvalue weighted by Gasteiger charge is 2.06. The monoisotopic (exact) mass is 200 g/mol. The number of nitrogens with two attached hydrogens (primary N) is 1. The summed E-state index contributed by atoms with van der Waals surface area (Å²) in [5, 5.41) is 0. The van der Waals surface area contributed by atoms with Gasteiger partial charge in [0.2, 0.25) is 0 Å². The zero-order valence-corrected chi connectivity index (χ0v) is 8.47. The van der Waals surface area contributed by atoms with E-state index in [4.69, 9.17) is 10.5 Å². The van der Waals surface area contributed by atoms with Crippen LogP contribution in [0.15, 0.2) is 42.6 Å². The van der Waals surface area contributed by atoms with Gasteiger partial charge in [-0.15, -0.1) is 0 Å². The van der Waals surface area contributed by atoms with Gasteiger partial charge in [-0.1, -0.05) is 6.07 Å². The van der Waals surface area contributed by atoms with Crippen molar-refractivity contribution in [2.75, 3.05) is 12.8 Å². The summed E-state index contributed by atoms with van der Waals surface area (Å²) in [6, 6.07) is 11.3. The predicted molar refractivity (Wildman–Crippen MR) is 60.6 cm³/mol. The second kappa shape index (κ2) is 4.00. The molecule has 0 spiro atoms. The molecule has 0 saturated carbocycles. The summed E-state index contributed by atoms with van der Waals surface area (Å²) in [6.07, 6.45) is 1.75. The van der Waals surface area contributed by atoms with Gasteiger partial charge in [-0.2, -0.15) is 0 Å². The van der Waals surface area contributed by atoms with Gasteiger partial charge < -0.3 is 10.5 Å². The van der Waals surface area contributed by atoms with Gasteiger partial charge in [-0.3, -0.25) is 4.98 Å². The highest BCUT2D eigenvalue weighted by molar-refractivity contribution is 5.71. The first-order valence-corrected chi connectivity index (χ1v) is 4.66. The van der Waals surface area contributed by atoms with E-state index in [1.807, 2.05) is 36.4 Å². The standard InChI is InChI=1S/C12H12N2O/c1-15-12-6-5-9(13)8-10(12)11-4-2-3-7-14-11/h2-8H,13H2,1H3. The fourth-order valence-corrected chi connectivity index (χ4v) is 1.45. The Labute approximate surface area is 88.5 Å². The van der Waals surface area contributed by atoms with E-state index in [1.54, 1.807) is 13.3 Å². The maximum absolute atomic E-state index is 5.74. The van der Waals surface area contributed by atoms with E-state index >= 15 is 0 Å². The number of ether oxygens (including phenoxy) is 1. The summed E-state index contributed by atoms with van der Waals surface area (Å²) in [6.45, 7) is 0. The van der Waals surface area contributed by atoms with Crippen LogP contribution in [0.1, 0.15) is 0 Å². The van der Waals surface area contributed by atoms with Crippen LogP contribution < -0.4 is 10.5 Å². The molecular formula is C12H12N2O. The number of anilines is 1.